The molecule has 0 saturated carbocycles. The van der Waals surface area contributed by atoms with Crippen LogP contribution < -0.4 is 20.1 Å². The van der Waals surface area contributed by atoms with Crippen molar-refractivity contribution in [3.63, 3.8) is 0 Å². The number of likely N-dealkylation sites (tertiary alicyclic amines) is 1. The van der Waals surface area contributed by atoms with Crippen LogP contribution in [0.2, 0.25) is 10.0 Å². The zero-order valence-electron chi connectivity index (χ0n) is 23.4. The third-order valence-electron chi connectivity index (χ3n) is 6.84. The number of benzene rings is 2. The van der Waals surface area contributed by atoms with Gasteiger partial charge < -0.3 is 30.1 Å². The van der Waals surface area contributed by atoms with Gasteiger partial charge in [-0.2, -0.15) is 0 Å². The summed E-state index contributed by atoms with van der Waals surface area (Å²) >= 11 is 14.1. The number of carboxylic acid groups (broad SMARTS) is 1. The van der Waals surface area contributed by atoms with Gasteiger partial charge >= 0.3 is 5.97 Å². The highest BCUT2D eigenvalue weighted by Crippen LogP contribution is 2.35. The number of nitrogens with one attached hydrogen (secondary N) is 2. The molecular weight excluding hydrogens is 605 g/mol. The average Bonchev–Trinajstić information content (AvgIpc) is 2.99. The molecule has 42 heavy (non-hydrogen) atoms. The molecule has 3 amide bonds. The zero-order chi connectivity index (χ0) is 30.8. The smallest absolute Gasteiger partial charge is 0.328 e. The lowest BCUT2D eigenvalue weighted by Crippen LogP contribution is -2.51. The molecule has 0 aliphatic carbocycles. The van der Waals surface area contributed by atoms with Gasteiger partial charge in [-0.1, -0.05) is 29.3 Å². The van der Waals surface area contributed by atoms with E-state index in [1.807, 2.05) is 12.3 Å². The van der Waals surface area contributed by atoms with E-state index in [1.165, 1.54) is 32.1 Å². The van der Waals surface area contributed by atoms with E-state index in [1.54, 1.807) is 35.2 Å². The number of methoxy groups -OCH3 is 2. The first-order valence-corrected chi connectivity index (χ1v) is 15.1. The standard InChI is InChI=1S/C29H33Cl2N3O7S/c1-40-20-6-7-22(41-2)19(14-20)15-24(35)32-16-21(29(38)39)33-28(37)18-10-12-34(13-11-18)25(36)9-5-17-4-8-23(42-3)27(31)26(17)30/h4-9,14,18,21H,10-13,15-16H2,1-3H3,(H,32,35)(H,33,37)(H,38,39)/b9-5+/t21-/m0/s1. The van der Waals surface area contributed by atoms with Crippen LogP contribution in [0.25, 0.3) is 6.08 Å². The van der Waals surface area contributed by atoms with E-state index in [9.17, 15) is 24.3 Å². The molecule has 0 radical (unpaired) electrons. The molecule has 13 heteroatoms. The molecule has 3 rings (SSSR count). The van der Waals surface area contributed by atoms with E-state index in [4.69, 9.17) is 32.7 Å². The zero-order valence-corrected chi connectivity index (χ0v) is 25.8. The van der Waals surface area contributed by atoms with Crippen LogP contribution in [0.15, 0.2) is 41.3 Å². The summed E-state index contributed by atoms with van der Waals surface area (Å²) in [7, 11) is 2.99. The molecule has 0 spiro atoms. The van der Waals surface area contributed by atoms with Crippen molar-refractivity contribution in [2.75, 3.05) is 40.1 Å². The molecule has 0 unspecified atom stereocenters. The summed E-state index contributed by atoms with van der Waals surface area (Å²) in [5.74, 6) is -1.81. The van der Waals surface area contributed by atoms with Crippen LogP contribution in [0.4, 0.5) is 0 Å². The minimum absolute atomic E-state index is 0.0655. The molecule has 1 saturated heterocycles. The van der Waals surface area contributed by atoms with Crippen molar-refractivity contribution in [3.8, 4) is 11.5 Å². The summed E-state index contributed by atoms with van der Waals surface area (Å²) in [5.41, 5.74) is 1.19. The first-order chi connectivity index (χ1) is 20.1. The third-order valence-corrected chi connectivity index (χ3v) is 8.62. The lowest BCUT2D eigenvalue weighted by atomic mass is 9.95. The minimum atomic E-state index is -1.31. The van der Waals surface area contributed by atoms with E-state index in [2.05, 4.69) is 10.6 Å². The Labute approximate surface area is 258 Å². The summed E-state index contributed by atoms with van der Waals surface area (Å²) in [6, 6.07) is 7.34. The van der Waals surface area contributed by atoms with Crippen molar-refractivity contribution in [1.29, 1.82) is 0 Å². The number of ether oxygens (including phenoxy) is 2. The number of aliphatic carboxylic acids is 1. The van der Waals surface area contributed by atoms with Crippen LogP contribution in [0.3, 0.4) is 0 Å². The van der Waals surface area contributed by atoms with Crippen LogP contribution in [-0.4, -0.2) is 79.8 Å². The van der Waals surface area contributed by atoms with Gasteiger partial charge in [0.15, 0.2) is 0 Å². The molecule has 3 N–H and O–H groups in total. The number of thioether (sulfide) groups is 1. The van der Waals surface area contributed by atoms with E-state index < -0.39 is 29.7 Å². The Morgan fingerprint density at radius 1 is 1.10 bits per heavy atom. The summed E-state index contributed by atoms with van der Waals surface area (Å²) < 4.78 is 10.5. The molecule has 10 nitrogen and oxygen atoms in total. The van der Waals surface area contributed by atoms with E-state index in [0.29, 0.717) is 58.6 Å². The normalized spacial score (nSPS) is 14.4. The SMILES string of the molecule is COc1ccc(OC)c(CC(=O)NC[C@H](NC(=O)C2CCN(C(=O)/C=C/c3ccc(SC)c(Cl)c3Cl)CC2)C(=O)O)c1. The van der Waals surface area contributed by atoms with Crippen LogP contribution in [-0.2, 0) is 25.6 Å². The number of hydrogen-bond donors (Lipinski definition) is 3. The number of piperidine rings is 1. The molecule has 2 aromatic carbocycles. The number of rotatable bonds is 12. The maximum atomic E-state index is 12.8. The van der Waals surface area contributed by atoms with E-state index in [-0.39, 0.29) is 18.9 Å². The first-order valence-electron chi connectivity index (χ1n) is 13.1. The van der Waals surface area contributed by atoms with Crippen molar-refractivity contribution in [3.05, 3.63) is 57.6 Å². The van der Waals surface area contributed by atoms with Crippen LogP contribution in [0.5, 0.6) is 11.5 Å². The Morgan fingerprint density at radius 2 is 1.81 bits per heavy atom. The molecule has 1 fully saturated rings. The van der Waals surface area contributed by atoms with Crippen molar-refractivity contribution in [2.24, 2.45) is 5.92 Å². The number of halogens is 2. The van der Waals surface area contributed by atoms with E-state index in [0.717, 1.165) is 4.90 Å². The fourth-order valence-corrected chi connectivity index (χ4v) is 5.60. The molecule has 1 atom stereocenters. The van der Waals surface area contributed by atoms with Gasteiger partial charge in [0.2, 0.25) is 17.7 Å². The van der Waals surface area contributed by atoms with Crippen molar-refractivity contribution >= 4 is 64.7 Å². The highest BCUT2D eigenvalue weighted by Gasteiger charge is 2.30. The molecule has 0 aromatic heterocycles. The number of nitrogens with zero attached hydrogens (tertiary/aromatic N) is 1. The number of amides is 3. The second kappa shape index (κ2) is 15.7. The molecule has 1 heterocycles. The van der Waals surface area contributed by atoms with Gasteiger partial charge in [-0.3, -0.25) is 14.4 Å². The summed E-state index contributed by atoms with van der Waals surface area (Å²) in [4.78, 5) is 52.4. The minimum Gasteiger partial charge on any atom is -0.497 e. The molecule has 226 valence electrons. The second-order valence-electron chi connectivity index (χ2n) is 9.48. The van der Waals surface area contributed by atoms with Crippen LogP contribution >= 0.6 is 35.0 Å². The monoisotopic (exact) mass is 637 g/mol. The van der Waals surface area contributed by atoms with Crippen LogP contribution in [0.1, 0.15) is 24.0 Å². The predicted molar refractivity (Wildman–Crippen MR) is 162 cm³/mol. The van der Waals surface area contributed by atoms with Gasteiger partial charge in [-0.05, 0) is 55.0 Å². The second-order valence-corrected chi connectivity index (χ2v) is 11.1. The first kappa shape index (κ1) is 33.1. The number of carboxylic acids is 1. The summed E-state index contributed by atoms with van der Waals surface area (Å²) in [6.45, 7) is 0.370. The Hall–Kier alpha value is -3.41. The predicted octanol–water partition coefficient (Wildman–Crippen LogP) is 3.91. The van der Waals surface area contributed by atoms with Crippen molar-refractivity contribution in [1.82, 2.24) is 15.5 Å². The lowest BCUT2D eigenvalue weighted by Gasteiger charge is -2.31. The van der Waals surface area contributed by atoms with Gasteiger partial charge in [0.05, 0.1) is 30.7 Å². The van der Waals surface area contributed by atoms with Crippen LogP contribution in [0, 0.1) is 5.92 Å². The molecule has 1 aliphatic heterocycles. The van der Waals surface area contributed by atoms with Gasteiger partial charge in [-0.15, -0.1) is 11.8 Å². The maximum Gasteiger partial charge on any atom is 0.328 e. The Balaban J connectivity index is 1.50. The Kier molecular flexibility index (Phi) is 12.4. The third kappa shape index (κ3) is 8.80. The molecule has 0 bridgehead atoms. The van der Waals surface area contributed by atoms with Gasteiger partial charge in [0.1, 0.15) is 17.5 Å². The quantitative estimate of drug-likeness (QED) is 0.236. The fourth-order valence-electron chi connectivity index (χ4n) is 4.42. The summed E-state index contributed by atoms with van der Waals surface area (Å²) in [5, 5.41) is 15.5. The topological polar surface area (TPSA) is 134 Å². The Bertz CT molecular complexity index is 1350. The molecule has 1 aliphatic rings. The number of carbonyl (C=O) groups excluding carboxylic acids is 3. The van der Waals surface area contributed by atoms with Crippen molar-refractivity contribution < 1.29 is 33.8 Å². The summed E-state index contributed by atoms with van der Waals surface area (Å²) in [6.07, 6.45) is 5.59. The van der Waals surface area contributed by atoms with Gasteiger partial charge in [0.25, 0.3) is 0 Å². The molecular formula is C29H33Cl2N3O7S. The Morgan fingerprint density at radius 3 is 2.43 bits per heavy atom. The van der Waals surface area contributed by atoms with Crippen molar-refractivity contribution in [2.45, 2.75) is 30.2 Å². The lowest BCUT2D eigenvalue weighted by molar-refractivity contribution is -0.142. The fraction of sp³-hybridized carbons (Fsp3) is 0.379. The van der Waals surface area contributed by atoms with E-state index >= 15 is 0 Å². The van der Waals surface area contributed by atoms with Gasteiger partial charge in [0, 0.05) is 42.1 Å². The maximum absolute atomic E-state index is 12.8. The molecule has 2 aromatic rings. The highest BCUT2D eigenvalue weighted by molar-refractivity contribution is 7.98. The van der Waals surface area contributed by atoms with Gasteiger partial charge in [-0.25, -0.2) is 4.79 Å². The average molecular weight is 639 g/mol. The highest BCUT2D eigenvalue weighted by atomic mass is 35.5. The number of carbonyl (C=O) groups is 4. The number of hydrogen-bond acceptors (Lipinski definition) is 7. The largest absolute Gasteiger partial charge is 0.497 e.